The number of para-hydroxylation sites is 1. The lowest BCUT2D eigenvalue weighted by Crippen LogP contribution is -2.17. The monoisotopic (exact) mass is 326 g/mol. The summed E-state index contributed by atoms with van der Waals surface area (Å²) >= 11 is 0. The fourth-order valence-corrected chi connectivity index (χ4v) is 2.55. The molecule has 0 atom stereocenters. The molecule has 0 saturated heterocycles. The van der Waals surface area contributed by atoms with Gasteiger partial charge in [-0.2, -0.15) is 0 Å². The zero-order valence-electron chi connectivity index (χ0n) is 14.7. The van der Waals surface area contributed by atoms with Crippen LogP contribution in [0.2, 0.25) is 0 Å². The minimum absolute atomic E-state index is 0.202. The molecular weight excluding hydrogens is 300 g/mol. The molecule has 0 saturated carbocycles. The molecule has 0 aliphatic carbocycles. The van der Waals surface area contributed by atoms with Crippen LogP contribution in [0.5, 0.6) is 0 Å². The van der Waals surface area contributed by atoms with Crippen LogP contribution in [-0.2, 0) is 12.8 Å². The lowest BCUT2D eigenvalue weighted by molar-refractivity contribution is 0.102. The molecule has 1 amide bonds. The summed E-state index contributed by atoms with van der Waals surface area (Å²) in [6, 6.07) is 7.83. The molecule has 5 nitrogen and oxygen atoms in total. The highest BCUT2D eigenvalue weighted by molar-refractivity contribution is 6.04. The molecule has 24 heavy (non-hydrogen) atoms. The number of anilines is 2. The predicted molar refractivity (Wildman–Crippen MR) is 98.6 cm³/mol. The van der Waals surface area contributed by atoms with Crippen molar-refractivity contribution in [1.29, 1.82) is 0 Å². The molecule has 2 rings (SSSR count). The van der Waals surface area contributed by atoms with E-state index in [1.165, 1.54) is 6.33 Å². The fraction of sp³-hybridized carbons (Fsp3) is 0.421. The third kappa shape index (κ3) is 4.54. The van der Waals surface area contributed by atoms with E-state index in [9.17, 15) is 4.79 Å². The summed E-state index contributed by atoms with van der Waals surface area (Å²) in [5.74, 6) is 0.481. The van der Waals surface area contributed by atoms with Gasteiger partial charge in [-0.1, -0.05) is 45.4 Å². The Hall–Kier alpha value is -2.43. The molecule has 1 aromatic heterocycles. The second-order valence-electron chi connectivity index (χ2n) is 5.68. The Kier molecular flexibility index (Phi) is 6.73. The molecule has 0 bridgehead atoms. The first-order valence-corrected chi connectivity index (χ1v) is 8.67. The van der Waals surface area contributed by atoms with E-state index in [0.717, 1.165) is 49.0 Å². The molecule has 2 N–H and O–H groups in total. The van der Waals surface area contributed by atoms with E-state index in [2.05, 4.69) is 41.4 Å². The average molecular weight is 326 g/mol. The van der Waals surface area contributed by atoms with E-state index in [0.29, 0.717) is 11.5 Å². The standard InChI is InChI=1S/C19H26N4O/c1-4-7-11-20-17-12-16(21-13-22-17)19(24)23-18-14(5-2)9-8-10-15(18)6-3/h8-10,12-13H,4-7,11H2,1-3H3,(H,23,24)(H,20,21,22). The first-order valence-electron chi connectivity index (χ1n) is 8.67. The van der Waals surface area contributed by atoms with Gasteiger partial charge in [0.2, 0.25) is 0 Å². The summed E-state index contributed by atoms with van der Waals surface area (Å²) in [6.45, 7) is 7.15. The number of nitrogens with zero attached hydrogens (tertiary/aromatic N) is 2. The fourth-order valence-electron chi connectivity index (χ4n) is 2.55. The number of hydrogen-bond acceptors (Lipinski definition) is 4. The van der Waals surface area contributed by atoms with Crippen LogP contribution in [0.25, 0.3) is 0 Å². The van der Waals surface area contributed by atoms with Crippen molar-refractivity contribution in [2.45, 2.75) is 46.5 Å². The van der Waals surface area contributed by atoms with Crippen LogP contribution in [0, 0.1) is 0 Å². The Balaban J connectivity index is 2.17. The summed E-state index contributed by atoms with van der Waals surface area (Å²) in [4.78, 5) is 20.9. The van der Waals surface area contributed by atoms with Gasteiger partial charge in [-0.25, -0.2) is 9.97 Å². The van der Waals surface area contributed by atoms with Crippen molar-refractivity contribution in [1.82, 2.24) is 9.97 Å². The van der Waals surface area contributed by atoms with Crippen molar-refractivity contribution in [3.63, 3.8) is 0 Å². The van der Waals surface area contributed by atoms with Crippen LogP contribution in [0.1, 0.15) is 55.2 Å². The predicted octanol–water partition coefficient (Wildman–Crippen LogP) is 4.07. The Bertz CT molecular complexity index is 663. The van der Waals surface area contributed by atoms with E-state index in [4.69, 9.17) is 0 Å². The van der Waals surface area contributed by atoms with Crippen molar-refractivity contribution in [2.24, 2.45) is 0 Å². The van der Waals surface area contributed by atoms with Crippen molar-refractivity contribution in [3.05, 3.63) is 47.4 Å². The Labute approximate surface area is 143 Å². The lowest BCUT2D eigenvalue weighted by Gasteiger charge is -2.14. The van der Waals surface area contributed by atoms with Crippen molar-refractivity contribution < 1.29 is 4.79 Å². The van der Waals surface area contributed by atoms with Gasteiger partial charge >= 0.3 is 0 Å². The summed E-state index contributed by atoms with van der Waals surface area (Å²) < 4.78 is 0. The molecule has 128 valence electrons. The van der Waals surface area contributed by atoms with Crippen LogP contribution in [0.3, 0.4) is 0 Å². The Morgan fingerprint density at radius 2 is 1.79 bits per heavy atom. The SMILES string of the molecule is CCCCNc1cc(C(=O)Nc2c(CC)cccc2CC)ncn1. The van der Waals surface area contributed by atoms with Crippen LogP contribution in [0.4, 0.5) is 11.5 Å². The van der Waals surface area contributed by atoms with Crippen molar-refractivity contribution >= 4 is 17.4 Å². The number of carbonyl (C=O) groups excluding carboxylic acids is 1. The number of aryl methyl sites for hydroxylation is 2. The number of amides is 1. The number of benzene rings is 1. The zero-order chi connectivity index (χ0) is 17.4. The number of rotatable bonds is 8. The highest BCUT2D eigenvalue weighted by Gasteiger charge is 2.13. The van der Waals surface area contributed by atoms with Gasteiger partial charge in [0.05, 0.1) is 0 Å². The molecule has 0 spiro atoms. The second-order valence-corrected chi connectivity index (χ2v) is 5.68. The number of nitrogens with one attached hydrogen (secondary N) is 2. The maximum absolute atomic E-state index is 12.6. The van der Waals surface area contributed by atoms with Crippen molar-refractivity contribution in [2.75, 3.05) is 17.2 Å². The molecule has 1 aromatic carbocycles. The van der Waals surface area contributed by atoms with Gasteiger partial charge in [0.25, 0.3) is 5.91 Å². The topological polar surface area (TPSA) is 66.9 Å². The van der Waals surface area contributed by atoms with Gasteiger partial charge in [-0.15, -0.1) is 0 Å². The van der Waals surface area contributed by atoms with Gasteiger partial charge < -0.3 is 10.6 Å². The molecule has 2 aromatic rings. The average Bonchev–Trinajstić information content (AvgIpc) is 2.62. The van der Waals surface area contributed by atoms with Crippen LogP contribution >= 0.6 is 0 Å². The summed E-state index contributed by atoms with van der Waals surface area (Å²) in [5.41, 5.74) is 3.56. The minimum Gasteiger partial charge on any atom is -0.370 e. The van der Waals surface area contributed by atoms with Crippen LogP contribution in [-0.4, -0.2) is 22.4 Å². The maximum Gasteiger partial charge on any atom is 0.274 e. The smallest absolute Gasteiger partial charge is 0.274 e. The normalized spacial score (nSPS) is 10.5. The number of unbranched alkanes of at least 4 members (excludes halogenated alkanes) is 1. The number of hydrogen-bond donors (Lipinski definition) is 2. The second kappa shape index (κ2) is 9.01. The van der Waals surface area contributed by atoms with Gasteiger partial charge in [0.1, 0.15) is 17.8 Å². The van der Waals surface area contributed by atoms with E-state index >= 15 is 0 Å². The maximum atomic E-state index is 12.6. The third-order valence-corrected chi connectivity index (χ3v) is 3.97. The van der Waals surface area contributed by atoms with E-state index in [-0.39, 0.29) is 5.91 Å². The third-order valence-electron chi connectivity index (χ3n) is 3.97. The number of carbonyl (C=O) groups is 1. The first kappa shape index (κ1) is 17.9. The summed E-state index contributed by atoms with van der Waals surface area (Å²) in [7, 11) is 0. The van der Waals surface area contributed by atoms with E-state index in [1.807, 2.05) is 18.2 Å². The van der Waals surface area contributed by atoms with Crippen molar-refractivity contribution in [3.8, 4) is 0 Å². The van der Waals surface area contributed by atoms with E-state index in [1.54, 1.807) is 6.07 Å². The van der Waals surface area contributed by atoms with Crippen LogP contribution in [0.15, 0.2) is 30.6 Å². The summed E-state index contributed by atoms with van der Waals surface area (Å²) in [6.07, 6.45) is 5.35. The molecule has 0 aliphatic rings. The molecule has 5 heteroatoms. The minimum atomic E-state index is -0.202. The Morgan fingerprint density at radius 3 is 2.42 bits per heavy atom. The number of aromatic nitrogens is 2. The molecule has 0 fully saturated rings. The van der Waals surface area contributed by atoms with Gasteiger partial charge in [0.15, 0.2) is 0 Å². The molecular formula is C19H26N4O. The van der Waals surface area contributed by atoms with E-state index < -0.39 is 0 Å². The highest BCUT2D eigenvalue weighted by Crippen LogP contribution is 2.23. The molecule has 1 heterocycles. The summed E-state index contributed by atoms with van der Waals surface area (Å²) in [5, 5.41) is 6.25. The van der Waals surface area contributed by atoms with Gasteiger partial charge in [-0.05, 0) is 30.4 Å². The highest BCUT2D eigenvalue weighted by atomic mass is 16.1. The van der Waals surface area contributed by atoms with Crippen LogP contribution < -0.4 is 10.6 Å². The van der Waals surface area contributed by atoms with Gasteiger partial charge in [0, 0.05) is 18.3 Å². The molecule has 0 radical (unpaired) electrons. The Morgan fingerprint density at radius 1 is 1.08 bits per heavy atom. The lowest BCUT2D eigenvalue weighted by atomic mass is 10.0. The van der Waals surface area contributed by atoms with Gasteiger partial charge in [-0.3, -0.25) is 4.79 Å². The largest absolute Gasteiger partial charge is 0.370 e. The molecule has 0 aliphatic heterocycles. The quantitative estimate of drug-likeness (QED) is 0.718. The molecule has 0 unspecified atom stereocenters. The first-order chi connectivity index (χ1) is 11.7. The zero-order valence-corrected chi connectivity index (χ0v) is 14.7.